The van der Waals surface area contributed by atoms with Gasteiger partial charge in [-0.3, -0.25) is 0 Å². The van der Waals surface area contributed by atoms with Gasteiger partial charge in [-0.25, -0.2) is 0 Å². The molecule has 4 aliphatic carbocycles. The Bertz CT molecular complexity index is 3050. The number of fused-ring (bicyclic) bond motifs is 5. The molecule has 3 saturated carbocycles. The van der Waals surface area contributed by atoms with Crippen LogP contribution in [0.2, 0.25) is 0 Å². The fraction of sp³-hybridized carbons (Fsp3) is 0.284. The van der Waals surface area contributed by atoms with Crippen LogP contribution >= 0.6 is 0 Å². The van der Waals surface area contributed by atoms with Crippen molar-refractivity contribution >= 4 is 34.1 Å². The van der Waals surface area contributed by atoms with Gasteiger partial charge in [-0.15, -0.1) is 0 Å². The Morgan fingerprint density at radius 1 is 0.449 bits per heavy atom. The molecule has 3 fully saturated rings. The van der Waals surface area contributed by atoms with Crippen molar-refractivity contribution in [2.75, 3.05) is 9.80 Å². The van der Waals surface area contributed by atoms with Gasteiger partial charge in [0, 0.05) is 45.0 Å². The van der Waals surface area contributed by atoms with Crippen LogP contribution in [0, 0.1) is 23.7 Å². The monoisotopic (exact) mass is 899 g/mol. The molecule has 0 radical (unpaired) electrons. The van der Waals surface area contributed by atoms with E-state index in [1.54, 1.807) is 0 Å². The summed E-state index contributed by atoms with van der Waals surface area (Å²) in [6.45, 7) is 9.63. The lowest BCUT2D eigenvalue weighted by Gasteiger charge is -2.43. The predicted molar refractivity (Wildman–Crippen MR) is 291 cm³/mol. The van der Waals surface area contributed by atoms with Gasteiger partial charge in [-0.1, -0.05) is 162 Å². The summed E-state index contributed by atoms with van der Waals surface area (Å²) in [7, 11) is 0. The molecule has 344 valence electrons. The third-order valence-corrected chi connectivity index (χ3v) is 17.6. The molecule has 3 unspecified atom stereocenters. The van der Waals surface area contributed by atoms with E-state index < -0.39 is 0 Å². The first-order valence-electron chi connectivity index (χ1n) is 26.1. The summed E-state index contributed by atoms with van der Waals surface area (Å²) in [6, 6.07) is 75.9. The number of rotatable bonds is 11. The molecule has 12 rings (SSSR count). The van der Waals surface area contributed by atoms with Crippen LogP contribution in [0.4, 0.5) is 34.1 Å². The fourth-order valence-electron chi connectivity index (χ4n) is 13.7. The van der Waals surface area contributed by atoms with E-state index in [9.17, 15) is 0 Å². The molecule has 3 atom stereocenters. The van der Waals surface area contributed by atoms with Crippen LogP contribution < -0.4 is 9.80 Å². The zero-order valence-electron chi connectivity index (χ0n) is 41.0. The molecule has 2 nitrogen and oxygen atoms in total. The van der Waals surface area contributed by atoms with Gasteiger partial charge < -0.3 is 9.80 Å². The zero-order valence-corrected chi connectivity index (χ0v) is 41.0. The van der Waals surface area contributed by atoms with Gasteiger partial charge in [-0.2, -0.15) is 0 Å². The first-order chi connectivity index (χ1) is 33.7. The first-order valence-corrected chi connectivity index (χ1v) is 26.1. The maximum atomic E-state index is 2.47. The Labute approximate surface area is 411 Å². The molecule has 69 heavy (non-hydrogen) atoms. The Morgan fingerprint density at radius 3 is 1.51 bits per heavy atom. The maximum Gasteiger partial charge on any atom is 0.0465 e. The summed E-state index contributed by atoms with van der Waals surface area (Å²) < 4.78 is 0. The summed E-state index contributed by atoms with van der Waals surface area (Å²) in [5.74, 6) is 4.00. The van der Waals surface area contributed by atoms with Gasteiger partial charge in [-0.05, 0) is 197 Å². The molecule has 0 saturated heterocycles. The molecule has 2 bridgehead atoms. The van der Waals surface area contributed by atoms with E-state index in [1.165, 1.54) is 117 Å². The van der Waals surface area contributed by atoms with E-state index in [4.69, 9.17) is 0 Å². The van der Waals surface area contributed by atoms with Crippen molar-refractivity contribution in [3.63, 3.8) is 0 Å². The molecule has 0 spiro atoms. The molecule has 0 heterocycles. The quantitative estimate of drug-likeness (QED) is 0.128. The highest BCUT2D eigenvalue weighted by Crippen LogP contribution is 2.56. The lowest BCUT2D eigenvalue weighted by molar-refractivity contribution is 0.217. The van der Waals surface area contributed by atoms with Crippen molar-refractivity contribution in [1.29, 1.82) is 0 Å². The average Bonchev–Trinajstić information content (AvgIpc) is 4.11. The van der Waals surface area contributed by atoms with Crippen LogP contribution in [0.3, 0.4) is 0 Å². The minimum atomic E-state index is -0.147. The smallest absolute Gasteiger partial charge is 0.0465 e. The van der Waals surface area contributed by atoms with E-state index in [0.717, 1.165) is 42.2 Å². The minimum Gasteiger partial charge on any atom is -0.311 e. The largest absolute Gasteiger partial charge is 0.311 e. The molecule has 8 aromatic rings. The molecule has 0 aromatic heterocycles. The summed E-state index contributed by atoms with van der Waals surface area (Å²) in [5, 5.41) is 0. The Balaban J connectivity index is 0.893. The normalized spacial score (nSPS) is 22.0. The Kier molecular flexibility index (Phi) is 11.2. The van der Waals surface area contributed by atoms with Crippen LogP contribution in [0.15, 0.2) is 200 Å². The first kappa shape index (κ1) is 43.6. The van der Waals surface area contributed by atoms with Gasteiger partial charge in [0.25, 0.3) is 0 Å². The second-order valence-corrected chi connectivity index (χ2v) is 21.9. The van der Waals surface area contributed by atoms with Crippen molar-refractivity contribution in [1.82, 2.24) is 0 Å². The predicted octanol–water partition coefficient (Wildman–Crippen LogP) is 18.6. The second-order valence-electron chi connectivity index (χ2n) is 21.9. The highest BCUT2D eigenvalue weighted by atomic mass is 15.1. The highest BCUT2D eigenvalue weighted by molar-refractivity contribution is 5.94. The number of anilines is 6. The number of benzene rings is 8. The Morgan fingerprint density at radius 2 is 0.971 bits per heavy atom. The molecule has 8 aromatic carbocycles. The molecule has 0 amide bonds. The van der Waals surface area contributed by atoms with Crippen molar-refractivity contribution in [3.05, 3.63) is 228 Å². The average molecular weight is 899 g/mol. The van der Waals surface area contributed by atoms with Gasteiger partial charge in [0.15, 0.2) is 0 Å². The van der Waals surface area contributed by atoms with Crippen LogP contribution in [0.1, 0.15) is 113 Å². The van der Waals surface area contributed by atoms with Gasteiger partial charge >= 0.3 is 0 Å². The SMILES string of the molecule is CC(C)C1CCC(c2ccc(N(c3ccccc3)c3ccc(C4CC5CCC4C5)cc3)cc2)(c2ccc(N(c3ccccc3)c3ccc4c(c3)C(C)(C)c3cccc(-c5ccccc5)c3-4)cc2)CC1. The molecule has 0 N–H and O–H groups in total. The van der Waals surface area contributed by atoms with Gasteiger partial charge in [0.2, 0.25) is 0 Å². The Hall–Kier alpha value is -6.64. The number of hydrogen-bond acceptors (Lipinski definition) is 2. The summed E-state index contributed by atoms with van der Waals surface area (Å²) in [6.07, 6.45) is 10.4. The third-order valence-electron chi connectivity index (χ3n) is 17.6. The fourth-order valence-corrected chi connectivity index (χ4v) is 13.7. The lowest BCUT2D eigenvalue weighted by atomic mass is 9.61. The molecule has 2 heteroatoms. The summed E-state index contributed by atoms with van der Waals surface area (Å²) >= 11 is 0. The number of para-hydroxylation sites is 2. The number of nitrogens with zero attached hydrogens (tertiary/aromatic N) is 2. The topological polar surface area (TPSA) is 6.48 Å². The number of hydrogen-bond donors (Lipinski definition) is 0. The standard InChI is InChI=1S/C67H66N2/c1-46(2)48-39-41-67(42-40-48,52-27-33-57(34-28-52)68(54-17-10-6-11-18-54)56-31-25-50(26-32-56)62-44-47-23-24-51(62)43-47)53-29-35-58(36-30-53)69(55-19-12-7-13-20-55)59-37-38-61-64(45-59)66(3,4)63-22-14-21-60(65(61)63)49-15-8-5-9-16-49/h5-22,25-38,45-48,51,62H,23-24,39-44H2,1-4H3. The van der Waals surface area contributed by atoms with E-state index in [-0.39, 0.29) is 10.8 Å². The van der Waals surface area contributed by atoms with Crippen molar-refractivity contribution < 1.29 is 0 Å². The van der Waals surface area contributed by atoms with E-state index in [2.05, 4.69) is 238 Å². The van der Waals surface area contributed by atoms with Crippen molar-refractivity contribution in [2.45, 2.75) is 95.8 Å². The molecular formula is C67H66N2. The molecule has 4 aliphatic rings. The molecular weight excluding hydrogens is 833 g/mol. The second kappa shape index (κ2) is 17.7. The maximum absolute atomic E-state index is 2.47. The minimum absolute atomic E-state index is 0.0697. The summed E-state index contributed by atoms with van der Waals surface area (Å²) in [4.78, 5) is 4.91. The van der Waals surface area contributed by atoms with Gasteiger partial charge in [0.1, 0.15) is 0 Å². The third kappa shape index (κ3) is 7.72. The van der Waals surface area contributed by atoms with Crippen molar-refractivity contribution in [2.24, 2.45) is 23.7 Å². The van der Waals surface area contributed by atoms with E-state index in [1.807, 2.05) is 0 Å². The van der Waals surface area contributed by atoms with Crippen LogP contribution in [-0.2, 0) is 10.8 Å². The van der Waals surface area contributed by atoms with E-state index >= 15 is 0 Å². The van der Waals surface area contributed by atoms with Crippen LogP contribution in [0.25, 0.3) is 22.3 Å². The van der Waals surface area contributed by atoms with Crippen molar-refractivity contribution in [3.8, 4) is 22.3 Å². The highest BCUT2D eigenvalue weighted by Gasteiger charge is 2.42. The molecule has 0 aliphatic heterocycles. The van der Waals surface area contributed by atoms with E-state index in [0.29, 0.717) is 5.92 Å². The van der Waals surface area contributed by atoms with Crippen LogP contribution in [-0.4, -0.2) is 0 Å². The summed E-state index contributed by atoms with van der Waals surface area (Å²) in [5.41, 5.74) is 19.3. The zero-order chi connectivity index (χ0) is 46.7. The van der Waals surface area contributed by atoms with Crippen LogP contribution in [0.5, 0.6) is 0 Å². The van der Waals surface area contributed by atoms with Gasteiger partial charge in [0.05, 0.1) is 0 Å². The lowest BCUT2D eigenvalue weighted by Crippen LogP contribution is -2.34.